The van der Waals surface area contributed by atoms with Crippen molar-refractivity contribution in [3.05, 3.63) is 27.2 Å². The van der Waals surface area contributed by atoms with Crippen molar-refractivity contribution in [1.29, 1.82) is 0 Å². The van der Waals surface area contributed by atoms with Crippen LogP contribution in [0.3, 0.4) is 0 Å². The number of esters is 2. The highest BCUT2D eigenvalue weighted by Crippen LogP contribution is 2.35. The largest absolute Gasteiger partial charge is 0.462 e. The van der Waals surface area contributed by atoms with Crippen LogP contribution in [0.25, 0.3) is 0 Å². The molecule has 1 atom stereocenters. The molecule has 0 fully saturated rings. The fraction of sp³-hybridized carbons (Fsp3) is 0.529. The van der Waals surface area contributed by atoms with Gasteiger partial charge in [0.1, 0.15) is 11.1 Å². The van der Waals surface area contributed by atoms with Crippen LogP contribution in [0.4, 0.5) is 0 Å². The van der Waals surface area contributed by atoms with Crippen molar-refractivity contribution in [2.45, 2.75) is 52.6 Å². The maximum atomic E-state index is 11.8. The molecule has 0 heterocycles. The molecular weight excluding hydrogens is 375 g/mol. The number of carbonyl (C=O) groups excluding carboxylic acids is 2. The lowest BCUT2D eigenvalue weighted by atomic mass is 10.1. The summed E-state index contributed by atoms with van der Waals surface area (Å²) < 4.78 is 10.5. The van der Waals surface area contributed by atoms with Gasteiger partial charge in [-0.15, -0.1) is 0 Å². The van der Waals surface area contributed by atoms with E-state index in [2.05, 4.69) is 0 Å². The number of benzene rings is 1. The smallest absolute Gasteiger partial charge is 0.311 e. The zero-order valence-electron chi connectivity index (χ0n) is 13.9. The van der Waals surface area contributed by atoms with E-state index in [4.69, 9.17) is 44.3 Å². The fourth-order valence-corrected chi connectivity index (χ4v) is 2.70. The first-order valence-corrected chi connectivity index (χ1v) is 8.92. The number of rotatable bonds is 8. The molecule has 0 saturated heterocycles. The molecule has 0 bridgehead atoms. The predicted molar refractivity (Wildman–Crippen MR) is 96.0 cm³/mol. The first-order chi connectivity index (χ1) is 11.2. The van der Waals surface area contributed by atoms with Gasteiger partial charge >= 0.3 is 11.9 Å². The zero-order chi connectivity index (χ0) is 18.3. The number of halogens is 3. The Bertz CT molecular complexity index is 587. The summed E-state index contributed by atoms with van der Waals surface area (Å²) in [6, 6.07) is 2.87. The van der Waals surface area contributed by atoms with Crippen LogP contribution >= 0.6 is 34.8 Å². The third kappa shape index (κ3) is 6.88. The maximum absolute atomic E-state index is 11.8. The Morgan fingerprint density at radius 3 is 2.29 bits per heavy atom. The van der Waals surface area contributed by atoms with E-state index < -0.39 is 5.97 Å². The molecule has 1 rings (SSSR count). The second-order valence-corrected chi connectivity index (χ2v) is 6.93. The molecule has 0 aliphatic carbocycles. The molecule has 0 aliphatic heterocycles. The second kappa shape index (κ2) is 10.1. The van der Waals surface area contributed by atoms with Crippen LogP contribution in [0.5, 0.6) is 5.75 Å². The number of hydrogen-bond acceptors (Lipinski definition) is 4. The molecule has 134 valence electrons. The van der Waals surface area contributed by atoms with Crippen molar-refractivity contribution in [1.82, 2.24) is 0 Å². The van der Waals surface area contributed by atoms with Crippen LogP contribution in [-0.4, -0.2) is 18.0 Å². The van der Waals surface area contributed by atoms with E-state index in [9.17, 15) is 9.59 Å². The fourth-order valence-electron chi connectivity index (χ4n) is 2.08. The van der Waals surface area contributed by atoms with Gasteiger partial charge in [0.05, 0.1) is 5.02 Å². The van der Waals surface area contributed by atoms with Gasteiger partial charge in [-0.25, -0.2) is 0 Å². The van der Waals surface area contributed by atoms with Crippen molar-refractivity contribution in [3.8, 4) is 5.75 Å². The normalized spacial score (nSPS) is 12.1. The number of hydrogen-bond donors (Lipinski definition) is 0. The highest BCUT2D eigenvalue weighted by Gasteiger charge is 2.17. The summed E-state index contributed by atoms with van der Waals surface area (Å²) in [5.41, 5.74) is 0. The molecule has 1 aromatic rings. The van der Waals surface area contributed by atoms with E-state index in [1.807, 2.05) is 20.8 Å². The van der Waals surface area contributed by atoms with E-state index in [-0.39, 0.29) is 46.6 Å². The van der Waals surface area contributed by atoms with E-state index >= 15 is 0 Å². The van der Waals surface area contributed by atoms with Gasteiger partial charge in [-0.1, -0.05) is 55.6 Å². The topological polar surface area (TPSA) is 52.6 Å². The van der Waals surface area contributed by atoms with Gasteiger partial charge in [0.25, 0.3) is 0 Å². The number of carbonyl (C=O) groups is 2. The van der Waals surface area contributed by atoms with Crippen molar-refractivity contribution >= 4 is 46.7 Å². The maximum Gasteiger partial charge on any atom is 0.311 e. The summed E-state index contributed by atoms with van der Waals surface area (Å²) >= 11 is 17.7. The average Bonchev–Trinajstić information content (AvgIpc) is 2.49. The minimum absolute atomic E-state index is 0.0635. The molecule has 0 aliphatic rings. The molecule has 0 radical (unpaired) electrons. The monoisotopic (exact) mass is 394 g/mol. The van der Waals surface area contributed by atoms with Crippen LogP contribution in [0.1, 0.15) is 46.5 Å². The molecule has 1 unspecified atom stereocenters. The molecule has 0 amide bonds. The summed E-state index contributed by atoms with van der Waals surface area (Å²) in [5.74, 6) is -0.461. The Morgan fingerprint density at radius 1 is 1.08 bits per heavy atom. The van der Waals surface area contributed by atoms with E-state index in [1.165, 1.54) is 12.1 Å². The number of ether oxygens (including phenoxy) is 2. The van der Waals surface area contributed by atoms with Crippen LogP contribution in [-0.2, 0) is 14.3 Å². The second-order valence-electron chi connectivity index (χ2n) is 5.71. The van der Waals surface area contributed by atoms with Gasteiger partial charge < -0.3 is 9.47 Å². The lowest BCUT2D eigenvalue weighted by Crippen LogP contribution is -2.22. The molecule has 0 saturated carbocycles. The van der Waals surface area contributed by atoms with E-state index in [0.29, 0.717) is 11.4 Å². The quantitative estimate of drug-likeness (QED) is 0.322. The molecule has 7 heteroatoms. The van der Waals surface area contributed by atoms with Crippen LogP contribution < -0.4 is 4.74 Å². The first kappa shape index (κ1) is 21.1. The van der Waals surface area contributed by atoms with E-state index in [1.54, 1.807) is 0 Å². The summed E-state index contributed by atoms with van der Waals surface area (Å²) in [6.45, 7) is 5.96. The van der Waals surface area contributed by atoms with Crippen LogP contribution in [0.2, 0.25) is 15.1 Å². The van der Waals surface area contributed by atoms with Crippen molar-refractivity contribution in [2.24, 2.45) is 5.92 Å². The Labute approximate surface area is 157 Å². The third-order valence-corrected chi connectivity index (χ3v) is 4.38. The van der Waals surface area contributed by atoms with Crippen LogP contribution in [0, 0.1) is 5.92 Å². The molecule has 0 aromatic heterocycles. The van der Waals surface area contributed by atoms with Gasteiger partial charge in [-0.05, 0) is 24.8 Å². The summed E-state index contributed by atoms with van der Waals surface area (Å²) in [7, 11) is 0. The summed E-state index contributed by atoms with van der Waals surface area (Å²) in [4.78, 5) is 23.6. The van der Waals surface area contributed by atoms with Crippen molar-refractivity contribution < 1.29 is 19.1 Å². The third-order valence-electron chi connectivity index (χ3n) is 3.37. The molecule has 0 N–H and O–H groups in total. The Kier molecular flexibility index (Phi) is 8.88. The van der Waals surface area contributed by atoms with Gasteiger partial charge in [-0.2, -0.15) is 0 Å². The van der Waals surface area contributed by atoms with Crippen LogP contribution in [0.15, 0.2) is 12.1 Å². The first-order valence-electron chi connectivity index (χ1n) is 7.79. The minimum Gasteiger partial charge on any atom is -0.462 e. The highest BCUT2D eigenvalue weighted by molar-refractivity contribution is 6.44. The summed E-state index contributed by atoms with van der Waals surface area (Å²) in [5, 5.41) is 0.640. The predicted octanol–water partition coefficient (Wildman–Crippen LogP) is 5.70. The summed E-state index contributed by atoms with van der Waals surface area (Å²) in [6.07, 6.45) is 1.21. The van der Waals surface area contributed by atoms with Crippen molar-refractivity contribution in [3.63, 3.8) is 0 Å². The lowest BCUT2D eigenvalue weighted by Gasteiger charge is -2.19. The van der Waals surface area contributed by atoms with E-state index in [0.717, 1.165) is 6.42 Å². The Balaban J connectivity index is 2.43. The minimum atomic E-state index is -0.515. The Morgan fingerprint density at radius 2 is 1.71 bits per heavy atom. The van der Waals surface area contributed by atoms with Crippen molar-refractivity contribution in [2.75, 3.05) is 0 Å². The zero-order valence-corrected chi connectivity index (χ0v) is 16.2. The molecular formula is C17H21Cl3O4. The van der Waals surface area contributed by atoms with Gasteiger partial charge in [-0.3, -0.25) is 9.59 Å². The van der Waals surface area contributed by atoms with Gasteiger partial charge in [0.2, 0.25) is 0 Å². The Hall–Kier alpha value is -0.970. The SMILES string of the molecule is CCC(OC(=O)CCCC(=O)Oc1cc(Cl)cc(Cl)c1Cl)C(C)C. The van der Waals surface area contributed by atoms with Gasteiger partial charge in [0, 0.05) is 23.9 Å². The molecule has 0 spiro atoms. The average molecular weight is 396 g/mol. The molecule has 24 heavy (non-hydrogen) atoms. The van der Waals surface area contributed by atoms with Gasteiger partial charge in [0.15, 0.2) is 5.75 Å². The highest BCUT2D eigenvalue weighted by atomic mass is 35.5. The standard InChI is InChI=1S/C17H21Cl3O4/c1-4-13(10(2)3)23-15(21)6-5-7-16(22)24-14-9-11(18)8-12(19)17(14)20/h8-10,13H,4-7H2,1-3H3. The lowest BCUT2D eigenvalue weighted by molar-refractivity contribution is -0.151. The molecule has 1 aromatic carbocycles. The molecule has 4 nitrogen and oxygen atoms in total.